The van der Waals surface area contributed by atoms with Crippen molar-refractivity contribution in [3.8, 4) is 0 Å². The van der Waals surface area contributed by atoms with Gasteiger partial charge in [0.2, 0.25) is 0 Å². The Balaban J connectivity index is 2.27. The van der Waals surface area contributed by atoms with Gasteiger partial charge in [-0.1, -0.05) is 17.7 Å². The van der Waals surface area contributed by atoms with Gasteiger partial charge < -0.3 is 5.73 Å². The van der Waals surface area contributed by atoms with Gasteiger partial charge in [0.1, 0.15) is 5.82 Å². The lowest BCUT2D eigenvalue weighted by molar-refractivity contribution is 0.551. The summed E-state index contributed by atoms with van der Waals surface area (Å²) in [7, 11) is 0. The van der Waals surface area contributed by atoms with Gasteiger partial charge in [-0.15, -0.1) is 0 Å². The van der Waals surface area contributed by atoms with Gasteiger partial charge >= 0.3 is 0 Å². The highest BCUT2D eigenvalue weighted by molar-refractivity contribution is 6.31. The van der Waals surface area contributed by atoms with Crippen LogP contribution in [0, 0.1) is 5.82 Å². The monoisotopic (exact) mass is 280 g/mol. The Hall–Kier alpha value is -1.69. The van der Waals surface area contributed by atoms with E-state index in [-0.39, 0.29) is 11.9 Å². The summed E-state index contributed by atoms with van der Waals surface area (Å²) in [6.45, 7) is 0. The van der Waals surface area contributed by atoms with Gasteiger partial charge in [-0.2, -0.15) is 0 Å². The van der Waals surface area contributed by atoms with Crippen LogP contribution in [0.5, 0.6) is 0 Å². The molecule has 0 aliphatic heterocycles. The summed E-state index contributed by atoms with van der Waals surface area (Å²) in [5, 5.41) is 0.364. The lowest BCUT2D eigenvalue weighted by atomic mass is 9.99. The number of nitrogens with two attached hydrogens (primary N) is 2. The molecule has 6 heteroatoms. The molecule has 2 aromatic rings. The van der Waals surface area contributed by atoms with E-state index in [0.717, 1.165) is 11.1 Å². The predicted octanol–water partition coefficient (Wildman–Crippen LogP) is 2.20. The number of aromatic nitrogens is 1. The zero-order chi connectivity index (χ0) is 13.8. The summed E-state index contributed by atoms with van der Waals surface area (Å²) < 4.78 is 13.0. The highest BCUT2D eigenvalue weighted by Crippen LogP contribution is 2.26. The molecule has 0 saturated heterocycles. The Morgan fingerprint density at radius 3 is 2.79 bits per heavy atom. The molecule has 1 unspecified atom stereocenters. The molecule has 2 rings (SSSR count). The van der Waals surface area contributed by atoms with Crippen LogP contribution in [0.25, 0.3) is 0 Å². The number of hydrazine groups is 1. The number of nitrogens with one attached hydrogen (secondary N) is 1. The Bertz CT molecular complexity index is 576. The largest absolute Gasteiger partial charge is 0.398 e. The van der Waals surface area contributed by atoms with E-state index in [4.69, 9.17) is 23.2 Å². The smallest absolute Gasteiger partial charge is 0.124 e. The molecule has 19 heavy (non-hydrogen) atoms. The first-order valence-electron chi connectivity index (χ1n) is 5.71. The second-order valence-corrected chi connectivity index (χ2v) is 4.57. The molecule has 0 radical (unpaired) electrons. The van der Waals surface area contributed by atoms with Gasteiger partial charge in [0.15, 0.2) is 0 Å². The van der Waals surface area contributed by atoms with E-state index in [9.17, 15) is 4.39 Å². The normalized spacial score (nSPS) is 12.4. The van der Waals surface area contributed by atoms with Crippen molar-refractivity contribution in [2.24, 2.45) is 5.84 Å². The Kier molecular flexibility index (Phi) is 4.31. The Morgan fingerprint density at radius 2 is 2.16 bits per heavy atom. The third-order valence-corrected chi connectivity index (χ3v) is 3.25. The molecule has 1 atom stereocenters. The van der Waals surface area contributed by atoms with Crippen LogP contribution in [0.1, 0.15) is 17.2 Å². The standard InChI is InChI=1S/C13H14ClFN4/c14-11-6-9(15)2-1-8(11)5-13(19-17)10-7-18-4-3-12(10)16/h1-4,6-7,13,19H,5,17H2,(H2,16,18). The fraction of sp³-hybridized carbons (Fsp3) is 0.154. The number of nitrogens with zero attached hydrogens (tertiary/aromatic N) is 1. The molecule has 5 N–H and O–H groups in total. The summed E-state index contributed by atoms with van der Waals surface area (Å²) in [6, 6.07) is 5.73. The van der Waals surface area contributed by atoms with Crippen LogP contribution in [0.3, 0.4) is 0 Å². The van der Waals surface area contributed by atoms with Crippen molar-refractivity contribution < 1.29 is 4.39 Å². The second-order valence-electron chi connectivity index (χ2n) is 4.16. The van der Waals surface area contributed by atoms with Crippen molar-refractivity contribution in [3.63, 3.8) is 0 Å². The first-order valence-corrected chi connectivity index (χ1v) is 6.09. The topological polar surface area (TPSA) is 77.0 Å². The van der Waals surface area contributed by atoms with Crippen LogP contribution in [0.4, 0.5) is 10.1 Å². The average Bonchev–Trinajstić information content (AvgIpc) is 2.39. The Morgan fingerprint density at radius 1 is 1.37 bits per heavy atom. The third-order valence-electron chi connectivity index (χ3n) is 2.90. The SMILES string of the molecule is NNC(Cc1ccc(F)cc1Cl)c1cnccc1N. The quantitative estimate of drug-likeness (QED) is 0.593. The van der Waals surface area contributed by atoms with Crippen LogP contribution >= 0.6 is 11.6 Å². The molecular weight excluding hydrogens is 267 g/mol. The third kappa shape index (κ3) is 3.20. The number of hydrogen-bond acceptors (Lipinski definition) is 4. The van der Waals surface area contributed by atoms with Gasteiger partial charge in [0.25, 0.3) is 0 Å². The molecular formula is C13H14ClFN4. The van der Waals surface area contributed by atoms with Crippen LogP contribution in [0.15, 0.2) is 36.7 Å². The van der Waals surface area contributed by atoms with Crippen molar-refractivity contribution in [1.82, 2.24) is 10.4 Å². The molecule has 0 bridgehead atoms. The average molecular weight is 281 g/mol. The number of anilines is 1. The first kappa shape index (κ1) is 13.7. The van der Waals surface area contributed by atoms with E-state index >= 15 is 0 Å². The molecule has 0 aliphatic rings. The summed E-state index contributed by atoms with van der Waals surface area (Å²) >= 11 is 6.00. The summed E-state index contributed by atoms with van der Waals surface area (Å²) in [5.74, 6) is 5.18. The maximum Gasteiger partial charge on any atom is 0.124 e. The van der Waals surface area contributed by atoms with Gasteiger partial charge in [0.05, 0.1) is 6.04 Å². The fourth-order valence-electron chi connectivity index (χ4n) is 1.87. The molecule has 1 aromatic carbocycles. The van der Waals surface area contributed by atoms with Crippen molar-refractivity contribution in [3.05, 3.63) is 58.6 Å². The van der Waals surface area contributed by atoms with E-state index in [0.29, 0.717) is 17.1 Å². The number of nitrogen functional groups attached to an aromatic ring is 1. The molecule has 0 saturated carbocycles. The molecule has 1 heterocycles. The van der Waals surface area contributed by atoms with E-state index < -0.39 is 0 Å². The minimum Gasteiger partial charge on any atom is -0.398 e. The van der Waals surface area contributed by atoms with Crippen molar-refractivity contribution in [1.29, 1.82) is 0 Å². The fourth-order valence-corrected chi connectivity index (χ4v) is 2.12. The van der Waals surface area contributed by atoms with E-state index in [2.05, 4.69) is 10.4 Å². The molecule has 1 aromatic heterocycles. The summed E-state index contributed by atoms with van der Waals surface area (Å²) in [5.41, 5.74) is 10.7. The highest BCUT2D eigenvalue weighted by atomic mass is 35.5. The van der Waals surface area contributed by atoms with Crippen molar-refractivity contribution >= 4 is 17.3 Å². The molecule has 0 fully saturated rings. The molecule has 4 nitrogen and oxygen atoms in total. The Labute approximate surface area is 115 Å². The van der Waals surface area contributed by atoms with Gasteiger partial charge in [0, 0.05) is 28.7 Å². The van der Waals surface area contributed by atoms with Gasteiger partial charge in [-0.3, -0.25) is 16.3 Å². The first-order chi connectivity index (χ1) is 9.11. The van der Waals surface area contributed by atoms with Gasteiger partial charge in [-0.25, -0.2) is 4.39 Å². The number of benzene rings is 1. The predicted molar refractivity (Wildman–Crippen MR) is 73.8 cm³/mol. The van der Waals surface area contributed by atoms with E-state index in [1.807, 2.05) is 0 Å². The number of hydrogen-bond donors (Lipinski definition) is 3. The molecule has 0 spiro atoms. The van der Waals surface area contributed by atoms with Crippen LogP contribution in [0.2, 0.25) is 5.02 Å². The number of rotatable bonds is 4. The molecule has 0 amide bonds. The van der Waals surface area contributed by atoms with Crippen LogP contribution in [-0.4, -0.2) is 4.98 Å². The molecule has 0 aliphatic carbocycles. The summed E-state index contributed by atoms with van der Waals surface area (Å²) in [6.07, 6.45) is 3.75. The lowest BCUT2D eigenvalue weighted by Gasteiger charge is -2.18. The maximum absolute atomic E-state index is 13.0. The van der Waals surface area contributed by atoms with Crippen LogP contribution in [-0.2, 0) is 6.42 Å². The number of pyridine rings is 1. The second kappa shape index (κ2) is 5.97. The maximum atomic E-state index is 13.0. The zero-order valence-corrected chi connectivity index (χ0v) is 10.9. The highest BCUT2D eigenvalue weighted by Gasteiger charge is 2.15. The van der Waals surface area contributed by atoms with Gasteiger partial charge in [-0.05, 0) is 30.2 Å². The van der Waals surface area contributed by atoms with Crippen molar-refractivity contribution in [2.75, 3.05) is 5.73 Å². The van der Waals surface area contributed by atoms with E-state index in [1.54, 1.807) is 24.5 Å². The number of halogens is 2. The minimum atomic E-state index is -0.369. The van der Waals surface area contributed by atoms with Crippen LogP contribution < -0.4 is 17.0 Å². The van der Waals surface area contributed by atoms with E-state index in [1.165, 1.54) is 12.1 Å². The summed E-state index contributed by atoms with van der Waals surface area (Å²) in [4.78, 5) is 4.02. The minimum absolute atomic E-state index is 0.239. The lowest BCUT2D eigenvalue weighted by Crippen LogP contribution is -2.30. The molecule has 100 valence electrons. The van der Waals surface area contributed by atoms with Crippen molar-refractivity contribution in [2.45, 2.75) is 12.5 Å². The zero-order valence-electron chi connectivity index (χ0n) is 10.1.